The van der Waals surface area contributed by atoms with Crippen molar-refractivity contribution in [3.8, 4) is 5.75 Å². The Kier molecular flexibility index (Phi) is 8.67. The molecule has 2 heterocycles. The monoisotopic (exact) mass is 481 g/mol. The molecule has 1 aromatic rings. The first-order valence-electron chi connectivity index (χ1n) is 12.3. The van der Waals surface area contributed by atoms with Crippen LogP contribution in [0.15, 0.2) is 29.2 Å². The van der Waals surface area contributed by atoms with E-state index in [0.717, 1.165) is 31.9 Å². The van der Waals surface area contributed by atoms with E-state index in [-0.39, 0.29) is 28.4 Å². The van der Waals surface area contributed by atoms with E-state index in [2.05, 4.69) is 0 Å². The fraction of sp³-hybridized carbons (Fsp3) is 0.720. The van der Waals surface area contributed by atoms with Crippen LogP contribution < -0.4 is 0 Å². The molecule has 2 unspecified atom stereocenters. The number of carbonyl (C=O) groups is 1. The number of aliphatic hydroxyl groups excluding tert-OH is 1. The molecule has 0 spiro atoms. The maximum absolute atomic E-state index is 12.0. The number of phenols is 1. The van der Waals surface area contributed by atoms with Crippen LogP contribution in [0.4, 0.5) is 4.79 Å². The zero-order valence-electron chi connectivity index (χ0n) is 19.9. The van der Waals surface area contributed by atoms with E-state index in [1.54, 1.807) is 0 Å². The molecule has 2 bridgehead atoms. The number of hydrogen-bond acceptors (Lipinski definition) is 6. The second-order valence-electron chi connectivity index (χ2n) is 10.1. The van der Waals surface area contributed by atoms with Crippen LogP contribution in [-0.4, -0.2) is 59.7 Å². The fourth-order valence-corrected chi connectivity index (χ4v) is 5.36. The Hall–Kier alpha value is -1.80. The normalized spacial score (nSPS) is 25.7. The topological polar surface area (TPSA) is 104 Å². The fourth-order valence-electron chi connectivity index (χ4n) is 4.73. The first-order valence-corrected chi connectivity index (χ1v) is 14.1. The lowest BCUT2D eigenvalue weighted by Gasteiger charge is -2.34. The number of fused-ring (bicyclic) bond motifs is 2. The summed E-state index contributed by atoms with van der Waals surface area (Å²) in [7, 11) is -3.13. The molecule has 2 saturated heterocycles. The summed E-state index contributed by atoms with van der Waals surface area (Å²) < 4.78 is 27.3. The lowest BCUT2D eigenvalue weighted by molar-refractivity contribution is 0.0354. The van der Waals surface area contributed by atoms with Crippen molar-refractivity contribution < 1.29 is 28.2 Å². The molecule has 1 aromatic carbocycles. The number of nitrogens with zero attached hydrogens (tertiary/aromatic N) is 1. The molecule has 0 aromatic heterocycles. The van der Waals surface area contributed by atoms with Crippen LogP contribution in [0.5, 0.6) is 5.75 Å². The minimum atomic E-state index is -3.13. The molecule has 33 heavy (non-hydrogen) atoms. The van der Waals surface area contributed by atoms with E-state index >= 15 is 0 Å². The van der Waals surface area contributed by atoms with Gasteiger partial charge in [-0.05, 0) is 89.0 Å². The lowest BCUT2D eigenvalue weighted by atomic mass is 9.98. The molecule has 2 saturated carbocycles. The summed E-state index contributed by atoms with van der Waals surface area (Å²) in [6, 6.07) is 6.39. The molecule has 5 rings (SSSR count). The molecular formula is C25H39NO6S. The zero-order valence-corrected chi connectivity index (χ0v) is 20.7. The number of benzene rings is 1. The maximum Gasteiger partial charge on any atom is 0.410 e. The lowest BCUT2D eigenvalue weighted by Crippen LogP contribution is -2.45. The molecule has 4 aliphatic rings. The van der Waals surface area contributed by atoms with Crippen molar-refractivity contribution in [3.63, 3.8) is 0 Å². The van der Waals surface area contributed by atoms with Gasteiger partial charge in [0.05, 0.1) is 11.0 Å². The molecule has 2 atom stereocenters. The second-order valence-corrected chi connectivity index (χ2v) is 12.1. The summed E-state index contributed by atoms with van der Waals surface area (Å²) in [6.07, 6.45) is 15.1. The highest BCUT2D eigenvalue weighted by Crippen LogP contribution is 2.42. The standard InChI is InChI=1S/C12H19NO2.C7H8O3S.C6H12O/c1-12(7-8-12)15-11(14)13-9-3-2-4-10(13)6-5-9;1-11(9,10)7-4-2-6(8)3-5-7;7-6-4-2-1-3-5-6/h9-10H,2-8H2,1H3;2-5,8H,1H3;6-7H,1-5H2. The van der Waals surface area contributed by atoms with Gasteiger partial charge in [0.15, 0.2) is 9.84 Å². The Morgan fingerprint density at radius 1 is 0.939 bits per heavy atom. The van der Waals surface area contributed by atoms with E-state index in [0.29, 0.717) is 12.1 Å². The van der Waals surface area contributed by atoms with Gasteiger partial charge in [0.1, 0.15) is 11.4 Å². The highest BCUT2D eigenvalue weighted by molar-refractivity contribution is 7.90. The Labute approximate surface area is 198 Å². The second kappa shape index (κ2) is 11.1. The third-order valence-electron chi connectivity index (χ3n) is 7.03. The predicted molar refractivity (Wildman–Crippen MR) is 127 cm³/mol. The van der Waals surface area contributed by atoms with Crippen molar-refractivity contribution in [3.05, 3.63) is 24.3 Å². The van der Waals surface area contributed by atoms with Crippen molar-refractivity contribution in [2.75, 3.05) is 6.26 Å². The van der Waals surface area contributed by atoms with E-state index in [1.165, 1.54) is 75.6 Å². The van der Waals surface area contributed by atoms with Gasteiger partial charge in [0.2, 0.25) is 0 Å². The molecule has 186 valence electrons. The number of ether oxygens (including phenoxy) is 1. The third kappa shape index (κ3) is 7.88. The highest BCUT2D eigenvalue weighted by Gasteiger charge is 2.46. The summed E-state index contributed by atoms with van der Waals surface area (Å²) in [5.74, 6) is 0.0670. The van der Waals surface area contributed by atoms with Crippen LogP contribution in [0.1, 0.15) is 84.0 Å². The number of rotatable bonds is 2. The van der Waals surface area contributed by atoms with Crippen molar-refractivity contribution in [2.24, 2.45) is 0 Å². The van der Waals surface area contributed by atoms with Gasteiger partial charge in [-0.2, -0.15) is 0 Å². The van der Waals surface area contributed by atoms with E-state index in [4.69, 9.17) is 14.9 Å². The van der Waals surface area contributed by atoms with Crippen molar-refractivity contribution in [2.45, 2.75) is 113 Å². The van der Waals surface area contributed by atoms with Gasteiger partial charge in [-0.1, -0.05) is 19.3 Å². The first kappa shape index (κ1) is 25.8. The Bertz CT molecular complexity index is 859. The van der Waals surface area contributed by atoms with Gasteiger partial charge in [-0.25, -0.2) is 13.2 Å². The smallest absolute Gasteiger partial charge is 0.410 e. The van der Waals surface area contributed by atoms with Crippen molar-refractivity contribution >= 4 is 15.9 Å². The average molecular weight is 482 g/mol. The molecule has 2 aliphatic carbocycles. The minimum Gasteiger partial charge on any atom is -0.508 e. The molecule has 7 nitrogen and oxygen atoms in total. The first-order chi connectivity index (χ1) is 15.6. The Balaban J connectivity index is 0.000000150. The van der Waals surface area contributed by atoms with Crippen LogP contribution in [0, 0.1) is 0 Å². The summed E-state index contributed by atoms with van der Waals surface area (Å²) >= 11 is 0. The number of hydrogen-bond donors (Lipinski definition) is 2. The minimum absolute atomic E-state index is 0.0359. The summed E-state index contributed by atoms with van der Waals surface area (Å²) in [5.41, 5.74) is -0.117. The number of sulfone groups is 1. The predicted octanol–water partition coefficient (Wildman–Crippen LogP) is 4.80. The Morgan fingerprint density at radius 2 is 1.48 bits per heavy atom. The SMILES string of the molecule is CC1(OC(=O)N2C3CCCC2CC3)CC1.CS(=O)(=O)c1ccc(O)cc1.OC1CCCCC1. The zero-order chi connectivity index (χ0) is 24.1. The molecule has 0 radical (unpaired) electrons. The molecule has 8 heteroatoms. The van der Waals surface area contributed by atoms with Crippen LogP contribution in [-0.2, 0) is 14.6 Å². The van der Waals surface area contributed by atoms with Crippen molar-refractivity contribution in [1.82, 2.24) is 4.90 Å². The summed E-state index contributed by atoms with van der Waals surface area (Å²) in [5, 5.41) is 17.7. The van der Waals surface area contributed by atoms with Gasteiger partial charge >= 0.3 is 6.09 Å². The molecular weight excluding hydrogens is 442 g/mol. The third-order valence-corrected chi connectivity index (χ3v) is 8.16. The molecule has 1 amide bonds. The highest BCUT2D eigenvalue weighted by atomic mass is 32.2. The summed E-state index contributed by atoms with van der Waals surface area (Å²) in [6.45, 7) is 2.04. The quantitative estimate of drug-likeness (QED) is 0.629. The number of phenolic OH excluding ortho intramolecular Hbond substituents is 1. The number of carbonyl (C=O) groups excluding carboxylic acids is 1. The van der Waals surface area contributed by atoms with Gasteiger partial charge in [-0.15, -0.1) is 0 Å². The van der Waals surface area contributed by atoms with Crippen LogP contribution in [0.2, 0.25) is 0 Å². The Morgan fingerprint density at radius 3 is 1.91 bits per heavy atom. The van der Waals surface area contributed by atoms with Crippen LogP contribution in [0.3, 0.4) is 0 Å². The van der Waals surface area contributed by atoms with E-state index < -0.39 is 9.84 Å². The van der Waals surface area contributed by atoms with Gasteiger partial charge in [0.25, 0.3) is 0 Å². The number of aliphatic hydroxyl groups is 1. The number of amides is 1. The molecule has 2 aliphatic heterocycles. The van der Waals surface area contributed by atoms with E-state index in [1.807, 2.05) is 11.8 Å². The van der Waals surface area contributed by atoms with E-state index in [9.17, 15) is 13.2 Å². The van der Waals surface area contributed by atoms with Gasteiger partial charge in [0, 0.05) is 18.3 Å². The molecule has 2 N–H and O–H groups in total. The number of aromatic hydroxyl groups is 1. The van der Waals surface area contributed by atoms with Gasteiger partial charge in [-0.3, -0.25) is 0 Å². The maximum atomic E-state index is 12.0. The summed E-state index contributed by atoms with van der Waals surface area (Å²) in [4.78, 5) is 14.3. The largest absolute Gasteiger partial charge is 0.508 e. The molecule has 4 fully saturated rings. The van der Waals surface area contributed by atoms with Gasteiger partial charge < -0.3 is 19.8 Å². The number of piperidine rings is 1. The van der Waals surface area contributed by atoms with Crippen molar-refractivity contribution in [1.29, 1.82) is 0 Å². The average Bonchev–Trinajstić information content (AvgIpc) is 3.43. The van der Waals surface area contributed by atoms with Crippen LogP contribution in [0.25, 0.3) is 0 Å². The van der Waals surface area contributed by atoms with Crippen LogP contribution >= 0.6 is 0 Å².